The van der Waals surface area contributed by atoms with Crippen molar-refractivity contribution in [2.24, 2.45) is 0 Å². The summed E-state index contributed by atoms with van der Waals surface area (Å²) in [5, 5.41) is 1.11. The third-order valence-corrected chi connectivity index (χ3v) is 2.22. The zero-order valence-electron chi connectivity index (χ0n) is 8.77. The van der Waals surface area contributed by atoms with E-state index in [4.69, 9.17) is 0 Å². The van der Waals surface area contributed by atoms with Gasteiger partial charge in [-0.15, -0.1) is 0 Å². The standard InChI is InChI=1S/C11H13N3O/c1-13(2)11(15)12-14-8-7-9-5-3-4-6-10(9)14/h3-8H,1-2H3,(H,12,15). The van der Waals surface area contributed by atoms with E-state index in [0.29, 0.717) is 0 Å². The van der Waals surface area contributed by atoms with Gasteiger partial charge < -0.3 is 4.90 Å². The highest BCUT2D eigenvalue weighted by Crippen LogP contribution is 2.13. The van der Waals surface area contributed by atoms with Crippen LogP contribution in [0.2, 0.25) is 0 Å². The molecule has 0 saturated heterocycles. The summed E-state index contributed by atoms with van der Waals surface area (Å²) in [5.74, 6) is 0. The lowest BCUT2D eigenvalue weighted by atomic mass is 10.3. The summed E-state index contributed by atoms with van der Waals surface area (Å²) in [7, 11) is 3.42. The number of hydrogen-bond acceptors (Lipinski definition) is 1. The average Bonchev–Trinajstić information content (AvgIpc) is 2.62. The molecule has 1 aromatic heterocycles. The van der Waals surface area contributed by atoms with Crippen LogP contribution in [0.3, 0.4) is 0 Å². The van der Waals surface area contributed by atoms with Crippen molar-refractivity contribution in [2.75, 3.05) is 19.5 Å². The lowest BCUT2D eigenvalue weighted by Crippen LogP contribution is -2.32. The molecule has 1 heterocycles. The number of benzene rings is 1. The fourth-order valence-corrected chi connectivity index (χ4v) is 1.38. The fourth-order valence-electron chi connectivity index (χ4n) is 1.38. The van der Waals surface area contributed by atoms with Crippen LogP contribution in [-0.2, 0) is 0 Å². The van der Waals surface area contributed by atoms with E-state index < -0.39 is 0 Å². The van der Waals surface area contributed by atoms with Crippen molar-refractivity contribution in [3.63, 3.8) is 0 Å². The van der Waals surface area contributed by atoms with E-state index in [9.17, 15) is 4.79 Å². The van der Waals surface area contributed by atoms with E-state index in [1.807, 2.05) is 36.5 Å². The molecule has 2 amide bonds. The number of fused-ring (bicyclic) bond motifs is 1. The summed E-state index contributed by atoms with van der Waals surface area (Å²) in [5.41, 5.74) is 3.76. The zero-order chi connectivity index (χ0) is 10.8. The van der Waals surface area contributed by atoms with Crippen LogP contribution in [0.15, 0.2) is 36.5 Å². The molecule has 0 aliphatic heterocycles. The summed E-state index contributed by atoms with van der Waals surface area (Å²) in [6, 6.07) is 9.71. The van der Waals surface area contributed by atoms with E-state index >= 15 is 0 Å². The summed E-state index contributed by atoms with van der Waals surface area (Å²) in [6.45, 7) is 0. The molecule has 0 atom stereocenters. The van der Waals surface area contributed by atoms with Gasteiger partial charge in [0.25, 0.3) is 0 Å². The van der Waals surface area contributed by atoms with Crippen LogP contribution in [0.5, 0.6) is 0 Å². The molecule has 2 aromatic rings. The number of carbonyl (C=O) groups excluding carboxylic acids is 1. The van der Waals surface area contributed by atoms with Gasteiger partial charge in [0.2, 0.25) is 0 Å². The van der Waals surface area contributed by atoms with Gasteiger partial charge in [0.1, 0.15) is 0 Å². The summed E-state index contributed by atoms with van der Waals surface area (Å²) in [4.78, 5) is 12.9. The van der Waals surface area contributed by atoms with E-state index in [2.05, 4.69) is 5.43 Å². The Morgan fingerprint density at radius 2 is 2.00 bits per heavy atom. The third-order valence-electron chi connectivity index (χ3n) is 2.22. The van der Waals surface area contributed by atoms with Gasteiger partial charge in [-0.3, -0.25) is 4.68 Å². The molecule has 0 bridgehead atoms. The first kappa shape index (κ1) is 9.58. The van der Waals surface area contributed by atoms with Crippen LogP contribution < -0.4 is 5.43 Å². The highest BCUT2D eigenvalue weighted by molar-refractivity contribution is 5.86. The Morgan fingerprint density at radius 3 is 2.73 bits per heavy atom. The number of hydrogen-bond donors (Lipinski definition) is 1. The minimum Gasteiger partial charge on any atom is -0.330 e. The highest BCUT2D eigenvalue weighted by atomic mass is 16.2. The van der Waals surface area contributed by atoms with Crippen molar-refractivity contribution >= 4 is 16.9 Å². The van der Waals surface area contributed by atoms with Crippen molar-refractivity contribution in [2.45, 2.75) is 0 Å². The molecule has 1 N–H and O–H groups in total. The highest BCUT2D eigenvalue weighted by Gasteiger charge is 2.05. The van der Waals surface area contributed by atoms with E-state index in [1.54, 1.807) is 18.8 Å². The minimum atomic E-state index is -0.142. The van der Waals surface area contributed by atoms with E-state index in [1.165, 1.54) is 4.90 Å². The number of amides is 2. The number of carbonyl (C=O) groups is 1. The molecule has 0 saturated carbocycles. The topological polar surface area (TPSA) is 37.3 Å². The van der Waals surface area contributed by atoms with Crippen LogP contribution in [0, 0.1) is 0 Å². The first-order chi connectivity index (χ1) is 7.18. The second kappa shape index (κ2) is 3.65. The molecule has 0 aliphatic carbocycles. The summed E-state index contributed by atoms with van der Waals surface area (Å²) < 4.78 is 1.72. The molecular weight excluding hydrogens is 190 g/mol. The number of nitrogens with zero attached hydrogens (tertiary/aromatic N) is 2. The first-order valence-corrected chi connectivity index (χ1v) is 4.73. The van der Waals surface area contributed by atoms with Crippen molar-refractivity contribution in [3.8, 4) is 0 Å². The molecule has 1 aromatic carbocycles. The molecule has 4 heteroatoms. The van der Waals surface area contributed by atoms with Crippen LogP contribution in [-0.4, -0.2) is 29.7 Å². The van der Waals surface area contributed by atoms with Gasteiger partial charge in [-0.05, 0) is 12.1 Å². The average molecular weight is 203 g/mol. The van der Waals surface area contributed by atoms with Crippen LogP contribution in [0.1, 0.15) is 0 Å². The maximum Gasteiger partial charge on any atom is 0.335 e. The van der Waals surface area contributed by atoms with Gasteiger partial charge in [-0.1, -0.05) is 18.2 Å². The Labute approximate surface area is 88.1 Å². The number of urea groups is 1. The lowest BCUT2D eigenvalue weighted by molar-refractivity contribution is 0.228. The first-order valence-electron chi connectivity index (χ1n) is 4.73. The Kier molecular flexibility index (Phi) is 2.33. The molecule has 0 radical (unpaired) electrons. The normalized spacial score (nSPS) is 10.3. The van der Waals surface area contributed by atoms with Gasteiger partial charge in [-0.2, -0.15) is 0 Å². The van der Waals surface area contributed by atoms with E-state index in [0.717, 1.165) is 10.9 Å². The van der Waals surface area contributed by atoms with Gasteiger partial charge in [0.15, 0.2) is 0 Å². The Morgan fingerprint density at radius 1 is 1.27 bits per heavy atom. The second-order valence-corrected chi connectivity index (χ2v) is 3.56. The summed E-state index contributed by atoms with van der Waals surface area (Å²) >= 11 is 0. The minimum absolute atomic E-state index is 0.142. The van der Waals surface area contributed by atoms with E-state index in [-0.39, 0.29) is 6.03 Å². The second-order valence-electron chi connectivity index (χ2n) is 3.56. The van der Waals surface area contributed by atoms with Crippen LogP contribution in [0.4, 0.5) is 4.79 Å². The predicted molar refractivity (Wildman–Crippen MR) is 60.4 cm³/mol. The maximum atomic E-state index is 11.4. The van der Waals surface area contributed by atoms with Crippen molar-refractivity contribution in [1.82, 2.24) is 9.58 Å². The third kappa shape index (κ3) is 1.79. The molecule has 0 spiro atoms. The number of para-hydroxylation sites is 1. The molecule has 4 nitrogen and oxygen atoms in total. The number of aromatic nitrogens is 1. The van der Waals surface area contributed by atoms with Crippen LogP contribution in [0.25, 0.3) is 10.9 Å². The monoisotopic (exact) mass is 203 g/mol. The molecule has 0 aliphatic rings. The summed E-state index contributed by atoms with van der Waals surface area (Å²) in [6.07, 6.45) is 1.84. The smallest absolute Gasteiger partial charge is 0.330 e. The van der Waals surface area contributed by atoms with Gasteiger partial charge >= 0.3 is 6.03 Å². The van der Waals surface area contributed by atoms with Gasteiger partial charge in [-0.25, -0.2) is 10.2 Å². The molecule has 0 fully saturated rings. The quantitative estimate of drug-likeness (QED) is 0.754. The van der Waals surface area contributed by atoms with Crippen molar-refractivity contribution in [3.05, 3.63) is 36.5 Å². The maximum absolute atomic E-state index is 11.4. The fraction of sp³-hybridized carbons (Fsp3) is 0.182. The predicted octanol–water partition coefficient (Wildman–Crippen LogP) is 1.87. The Bertz CT molecular complexity index is 487. The SMILES string of the molecule is CN(C)C(=O)Nn1ccc2ccccc21. The van der Waals surface area contributed by atoms with Gasteiger partial charge in [0, 0.05) is 25.7 Å². The molecule has 0 unspecified atom stereocenters. The zero-order valence-corrected chi connectivity index (χ0v) is 8.77. The number of rotatable bonds is 1. The lowest BCUT2D eigenvalue weighted by Gasteiger charge is -2.13. The molecular formula is C11H13N3O. The Hall–Kier alpha value is -1.97. The van der Waals surface area contributed by atoms with Gasteiger partial charge in [0.05, 0.1) is 5.52 Å². The molecule has 78 valence electrons. The molecule has 2 rings (SSSR count). The number of nitrogens with one attached hydrogen (secondary N) is 1. The Balaban J connectivity index is 2.33. The van der Waals surface area contributed by atoms with Crippen molar-refractivity contribution < 1.29 is 4.79 Å². The van der Waals surface area contributed by atoms with Crippen molar-refractivity contribution in [1.29, 1.82) is 0 Å². The molecule has 15 heavy (non-hydrogen) atoms. The van der Waals surface area contributed by atoms with Crippen LogP contribution >= 0.6 is 0 Å². The largest absolute Gasteiger partial charge is 0.335 e.